The summed E-state index contributed by atoms with van der Waals surface area (Å²) in [5.74, 6) is 2.73. The second-order valence-corrected chi connectivity index (χ2v) is 5.62. The summed E-state index contributed by atoms with van der Waals surface area (Å²) in [5.41, 5.74) is 1.39. The van der Waals surface area contributed by atoms with Gasteiger partial charge in [0.25, 0.3) is 0 Å². The van der Waals surface area contributed by atoms with Crippen molar-refractivity contribution < 1.29 is 4.74 Å². The van der Waals surface area contributed by atoms with Crippen LogP contribution in [0.5, 0.6) is 5.75 Å². The van der Waals surface area contributed by atoms with E-state index >= 15 is 0 Å². The summed E-state index contributed by atoms with van der Waals surface area (Å²) in [7, 11) is 1.70. The molecule has 0 N–H and O–H groups in total. The maximum absolute atomic E-state index is 5.14. The minimum absolute atomic E-state index is 0.640. The average Bonchev–Trinajstić information content (AvgIpc) is 2.97. The van der Waals surface area contributed by atoms with Gasteiger partial charge in [-0.2, -0.15) is 0 Å². The monoisotopic (exact) mass is 268 g/mol. The second kappa shape index (κ2) is 4.56. The van der Waals surface area contributed by atoms with Gasteiger partial charge < -0.3 is 4.74 Å². The SMILES string of the molecule is COc1ccc(CC(Br)C2CC2C)cc1. The van der Waals surface area contributed by atoms with Gasteiger partial charge in [-0.25, -0.2) is 0 Å². The summed E-state index contributed by atoms with van der Waals surface area (Å²) in [6.45, 7) is 2.33. The van der Waals surface area contributed by atoms with E-state index in [0.717, 1.165) is 24.0 Å². The van der Waals surface area contributed by atoms with Gasteiger partial charge >= 0.3 is 0 Å². The standard InChI is InChI=1S/C13H17BrO/c1-9-7-12(9)13(14)8-10-3-5-11(15-2)6-4-10/h3-6,9,12-13H,7-8H2,1-2H3. The van der Waals surface area contributed by atoms with E-state index in [4.69, 9.17) is 4.74 Å². The van der Waals surface area contributed by atoms with Crippen molar-refractivity contribution in [3.05, 3.63) is 29.8 Å². The lowest BCUT2D eigenvalue weighted by Crippen LogP contribution is -2.06. The van der Waals surface area contributed by atoms with Crippen LogP contribution in [0.15, 0.2) is 24.3 Å². The van der Waals surface area contributed by atoms with Crippen LogP contribution in [0.1, 0.15) is 18.9 Å². The molecule has 82 valence electrons. The summed E-state index contributed by atoms with van der Waals surface area (Å²) in [4.78, 5) is 0.640. The Morgan fingerprint density at radius 1 is 1.40 bits per heavy atom. The normalized spacial score (nSPS) is 26.1. The topological polar surface area (TPSA) is 9.23 Å². The Morgan fingerprint density at radius 2 is 2.00 bits per heavy atom. The molecular weight excluding hydrogens is 252 g/mol. The van der Waals surface area contributed by atoms with Gasteiger partial charge in [0.2, 0.25) is 0 Å². The summed E-state index contributed by atoms with van der Waals surface area (Å²) in [5, 5.41) is 0. The Morgan fingerprint density at radius 3 is 2.47 bits per heavy atom. The van der Waals surface area contributed by atoms with Crippen molar-refractivity contribution in [2.75, 3.05) is 7.11 Å². The smallest absolute Gasteiger partial charge is 0.118 e. The summed E-state index contributed by atoms with van der Waals surface area (Å²) >= 11 is 3.79. The maximum Gasteiger partial charge on any atom is 0.118 e. The maximum atomic E-state index is 5.14. The van der Waals surface area contributed by atoms with Crippen molar-refractivity contribution in [2.45, 2.75) is 24.6 Å². The molecule has 2 rings (SSSR count). The Bertz CT molecular complexity index is 320. The van der Waals surface area contributed by atoms with Crippen molar-refractivity contribution in [2.24, 2.45) is 11.8 Å². The van der Waals surface area contributed by atoms with Gasteiger partial charge in [-0.1, -0.05) is 35.0 Å². The molecule has 0 aromatic heterocycles. The third-order valence-electron chi connectivity index (χ3n) is 3.23. The first-order valence-electron chi connectivity index (χ1n) is 5.47. The van der Waals surface area contributed by atoms with Gasteiger partial charge in [-0.3, -0.25) is 0 Å². The van der Waals surface area contributed by atoms with E-state index in [1.54, 1.807) is 7.11 Å². The summed E-state index contributed by atoms with van der Waals surface area (Å²) in [6.07, 6.45) is 2.51. The van der Waals surface area contributed by atoms with Gasteiger partial charge in [0.05, 0.1) is 7.11 Å². The zero-order valence-corrected chi connectivity index (χ0v) is 10.8. The number of hydrogen-bond acceptors (Lipinski definition) is 1. The number of ether oxygens (including phenoxy) is 1. The average molecular weight is 269 g/mol. The Kier molecular flexibility index (Phi) is 3.35. The van der Waals surface area contributed by atoms with Crippen LogP contribution in [0.25, 0.3) is 0 Å². The lowest BCUT2D eigenvalue weighted by atomic mass is 10.1. The van der Waals surface area contributed by atoms with E-state index in [1.165, 1.54) is 12.0 Å². The van der Waals surface area contributed by atoms with Crippen molar-refractivity contribution in [1.82, 2.24) is 0 Å². The molecule has 1 aliphatic rings. The highest BCUT2D eigenvalue weighted by molar-refractivity contribution is 9.09. The van der Waals surface area contributed by atoms with Crippen LogP contribution in [0.2, 0.25) is 0 Å². The second-order valence-electron chi connectivity index (χ2n) is 4.45. The summed E-state index contributed by atoms with van der Waals surface area (Å²) < 4.78 is 5.14. The Labute approximate surface area is 100.0 Å². The summed E-state index contributed by atoms with van der Waals surface area (Å²) in [6, 6.07) is 8.37. The van der Waals surface area contributed by atoms with Crippen molar-refractivity contribution in [1.29, 1.82) is 0 Å². The van der Waals surface area contributed by atoms with E-state index in [9.17, 15) is 0 Å². The van der Waals surface area contributed by atoms with E-state index in [1.807, 2.05) is 12.1 Å². The van der Waals surface area contributed by atoms with Gasteiger partial charge in [-0.15, -0.1) is 0 Å². The first kappa shape index (κ1) is 11.0. The molecule has 1 aliphatic carbocycles. The minimum atomic E-state index is 0.640. The van der Waals surface area contributed by atoms with E-state index in [-0.39, 0.29) is 0 Å². The highest BCUT2D eigenvalue weighted by Gasteiger charge is 2.37. The minimum Gasteiger partial charge on any atom is -0.497 e. The molecule has 0 bridgehead atoms. The van der Waals surface area contributed by atoms with Crippen molar-refractivity contribution in [3.8, 4) is 5.75 Å². The van der Waals surface area contributed by atoms with Gasteiger partial charge in [0.15, 0.2) is 0 Å². The number of benzene rings is 1. The van der Waals surface area contributed by atoms with Crippen molar-refractivity contribution >= 4 is 15.9 Å². The van der Waals surface area contributed by atoms with Crippen LogP contribution >= 0.6 is 15.9 Å². The highest BCUT2D eigenvalue weighted by Crippen LogP contribution is 2.44. The highest BCUT2D eigenvalue weighted by atomic mass is 79.9. The molecule has 1 fully saturated rings. The largest absolute Gasteiger partial charge is 0.497 e. The molecule has 15 heavy (non-hydrogen) atoms. The van der Waals surface area contributed by atoms with Crippen LogP contribution < -0.4 is 4.74 Å². The van der Waals surface area contributed by atoms with E-state index in [0.29, 0.717) is 4.83 Å². The Hall–Kier alpha value is -0.500. The lowest BCUT2D eigenvalue weighted by molar-refractivity contribution is 0.414. The number of rotatable bonds is 4. The molecule has 3 unspecified atom stereocenters. The fraction of sp³-hybridized carbons (Fsp3) is 0.538. The van der Waals surface area contributed by atoms with Gasteiger partial charge in [0.1, 0.15) is 5.75 Å². The molecule has 1 aromatic rings. The molecule has 3 atom stereocenters. The molecular formula is C13H17BrO. The number of halogens is 1. The molecule has 1 saturated carbocycles. The first-order chi connectivity index (χ1) is 7.20. The van der Waals surface area contributed by atoms with Crippen LogP contribution in [0.4, 0.5) is 0 Å². The third-order valence-corrected chi connectivity index (χ3v) is 4.23. The fourth-order valence-electron chi connectivity index (χ4n) is 1.99. The first-order valence-corrected chi connectivity index (χ1v) is 6.39. The van der Waals surface area contributed by atoms with Crippen LogP contribution in [0, 0.1) is 11.8 Å². The number of alkyl halides is 1. The fourth-order valence-corrected chi connectivity index (χ4v) is 3.10. The Balaban J connectivity index is 1.92. The molecule has 0 radical (unpaired) electrons. The molecule has 0 aliphatic heterocycles. The number of hydrogen-bond donors (Lipinski definition) is 0. The van der Waals surface area contributed by atoms with Gasteiger partial charge in [0, 0.05) is 4.83 Å². The molecule has 0 heterocycles. The lowest BCUT2D eigenvalue weighted by Gasteiger charge is -2.09. The molecule has 2 heteroatoms. The van der Waals surface area contributed by atoms with Crippen molar-refractivity contribution in [3.63, 3.8) is 0 Å². The van der Waals surface area contributed by atoms with Gasteiger partial charge in [-0.05, 0) is 42.4 Å². The molecule has 0 saturated heterocycles. The van der Waals surface area contributed by atoms with E-state index in [2.05, 4.69) is 35.0 Å². The van der Waals surface area contributed by atoms with Crippen LogP contribution in [-0.4, -0.2) is 11.9 Å². The molecule has 0 amide bonds. The third kappa shape index (κ3) is 2.75. The zero-order valence-electron chi connectivity index (χ0n) is 9.24. The molecule has 0 spiro atoms. The van der Waals surface area contributed by atoms with Crippen LogP contribution in [-0.2, 0) is 6.42 Å². The van der Waals surface area contributed by atoms with Crippen LogP contribution in [0.3, 0.4) is 0 Å². The molecule has 1 aromatic carbocycles. The predicted octanol–water partition coefficient (Wildman–Crippen LogP) is 3.66. The van der Waals surface area contributed by atoms with E-state index < -0.39 is 0 Å². The zero-order chi connectivity index (χ0) is 10.8. The number of methoxy groups -OCH3 is 1. The molecule has 1 nitrogen and oxygen atoms in total. The quantitative estimate of drug-likeness (QED) is 0.758. The predicted molar refractivity (Wildman–Crippen MR) is 66.7 cm³/mol.